The molecule has 0 bridgehead atoms. The van der Waals surface area contributed by atoms with Gasteiger partial charge in [-0.2, -0.15) is 0 Å². The summed E-state index contributed by atoms with van der Waals surface area (Å²) in [5.41, 5.74) is 2.20. The highest BCUT2D eigenvalue weighted by atomic mass is 16.5. The van der Waals surface area contributed by atoms with Gasteiger partial charge >= 0.3 is 0 Å². The van der Waals surface area contributed by atoms with Crippen molar-refractivity contribution in [3.63, 3.8) is 0 Å². The monoisotopic (exact) mass is 249 g/mol. The summed E-state index contributed by atoms with van der Waals surface area (Å²) in [4.78, 5) is 0. The molecule has 0 aromatic heterocycles. The van der Waals surface area contributed by atoms with Crippen LogP contribution in [-0.4, -0.2) is 25.3 Å². The number of nitrogens with one attached hydrogen (secondary N) is 1. The Bertz CT molecular complexity index is 386. The minimum Gasteiger partial charge on any atom is -0.496 e. The lowest BCUT2D eigenvalue weighted by atomic mass is 9.87. The molecule has 18 heavy (non-hydrogen) atoms. The number of piperidine rings is 1. The molecule has 0 radical (unpaired) electrons. The minimum absolute atomic E-state index is 0.344. The summed E-state index contributed by atoms with van der Waals surface area (Å²) in [5, 5.41) is 13.8. The highest BCUT2D eigenvalue weighted by molar-refractivity contribution is 5.38. The maximum Gasteiger partial charge on any atom is 0.122 e. The summed E-state index contributed by atoms with van der Waals surface area (Å²) in [6.07, 6.45) is 2.68. The lowest BCUT2D eigenvalue weighted by molar-refractivity contribution is 0.0888. The molecule has 100 valence electrons. The van der Waals surface area contributed by atoms with Crippen LogP contribution in [0.15, 0.2) is 18.2 Å². The summed E-state index contributed by atoms with van der Waals surface area (Å²) < 4.78 is 5.32. The van der Waals surface area contributed by atoms with E-state index in [1.54, 1.807) is 7.11 Å². The van der Waals surface area contributed by atoms with E-state index in [0.29, 0.717) is 5.92 Å². The molecule has 3 nitrogen and oxygen atoms in total. The van der Waals surface area contributed by atoms with Crippen molar-refractivity contribution in [3.8, 4) is 5.75 Å². The van der Waals surface area contributed by atoms with Crippen LogP contribution >= 0.6 is 0 Å². The zero-order chi connectivity index (χ0) is 13.0. The lowest BCUT2D eigenvalue weighted by Crippen LogP contribution is -2.30. The van der Waals surface area contributed by atoms with Crippen LogP contribution in [0.4, 0.5) is 0 Å². The molecule has 3 heteroatoms. The van der Waals surface area contributed by atoms with Crippen LogP contribution in [0.25, 0.3) is 0 Å². The number of rotatable bonds is 4. The maximum absolute atomic E-state index is 10.5. The van der Waals surface area contributed by atoms with Crippen LogP contribution in [0.1, 0.15) is 37.0 Å². The third-order valence-electron chi connectivity index (χ3n) is 3.86. The Labute approximate surface area is 109 Å². The third-order valence-corrected chi connectivity index (χ3v) is 3.86. The predicted molar refractivity (Wildman–Crippen MR) is 72.9 cm³/mol. The Balaban J connectivity index is 2.16. The number of aryl methyl sites for hydroxylation is 1. The van der Waals surface area contributed by atoms with Crippen molar-refractivity contribution in [1.29, 1.82) is 0 Å². The zero-order valence-corrected chi connectivity index (χ0v) is 11.3. The smallest absolute Gasteiger partial charge is 0.122 e. The fraction of sp³-hybridized carbons (Fsp3) is 0.600. The summed E-state index contributed by atoms with van der Waals surface area (Å²) >= 11 is 0. The molecule has 1 heterocycles. The Hall–Kier alpha value is -1.06. The van der Waals surface area contributed by atoms with Crippen molar-refractivity contribution < 1.29 is 9.84 Å². The second-order valence-electron chi connectivity index (χ2n) is 4.96. The van der Waals surface area contributed by atoms with Gasteiger partial charge in [0, 0.05) is 0 Å². The molecule has 0 amide bonds. The van der Waals surface area contributed by atoms with E-state index in [9.17, 15) is 5.11 Å². The van der Waals surface area contributed by atoms with Gasteiger partial charge in [-0.15, -0.1) is 0 Å². The summed E-state index contributed by atoms with van der Waals surface area (Å²) in [6, 6.07) is 6.05. The van der Waals surface area contributed by atoms with E-state index in [4.69, 9.17) is 4.74 Å². The Morgan fingerprint density at radius 2 is 2.11 bits per heavy atom. The molecule has 0 saturated carbocycles. The maximum atomic E-state index is 10.5. The molecule has 1 atom stereocenters. The van der Waals surface area contributed by atoms with Gasteiger partial charge in [0.25, 0.3) is 0 Å². The third kappa shape index (κ3) is 2.85. The highest BCUT2D eigenvalue weighted by Gasteiger charge is 2.23. The minimum atomic E-state index is -0.344. The van der Waals surface area contributed by atoms with Gasteiger partial charge in [0.1, 0.15) is 5.75 Å². The Morgan fingerprint density at radius 1 is 1.39 bits per heavy atom. The van der Waals surface area contributed by atoms with Crippen LogP contribution in [0, 0.1) is 5.92 Å². The van der Waals surface area contributed by atoms with Gasteiger partial charge in [0.05, 0.1) is 13.2 Å². The SMILES string of the molecule is CCc1cc(C(O)C2CCNCC2)ccc1OC. The number of methoxy groups -OCH3 is 1. The van der Waals surface area contributed by atoms with E-state index in [1.807, 2.05) is 12.1 Å². The van der Waals surface area contributed by atoms with Crippen molar-refractivity contribution in [1.82, 2.24) is 5.32 Å². The number of hydrogen-bond donors (Lipinski definition) is 2. The van der Waals surface area contributed by atoms with E-state index in [1.165, 1.54) is 5.56 Å². The first kappa shape index (κ1) is 13.4. The standard InChI is InChI=1S/C15H23NO2/c1-3-11-10-13(4-5-14(11)18-2)15(17)12-6-8-16-9-7-12/h4-5,10,12,15-17H,3,6-9H2,1-2H3. The second-order valence-corrected chi connectivity index (χ2v) is 4.96. The van der Waals surface area contributed by atoms with Crippen LogP contribution in [0.2, 0.25) is 0 Å². The molecule has 0 aliphatic carbocycles. The van der Waals surface area contributed by atoms with Gasteiger partial charge in [0.2, 0.25) is 0 Å². The average Bonchev–Trinajstić information content (AvgIpc) is 2.46. The van der Waals surface area contributed by atoms with Gasteiger partial charge in [-0.3, -0.25) is 0 Å². The van der Waals surface area contributed by atoms with E-state index in [-0.39, 0.29) is 6.10 Å². The van der Waals surface area contributed by atoms with Gasteiger partial charge in [-0.1, -0.05) is 13.0 Å². The van der Waals surface area contributed by atoms with Gasteiger partial charge in [0.15, 0.2) is 0 Å². The molecule has 2 N–H and O–H groups in total. The lowest BCUT2D eigenvalue weighted by Gasteiger charge is -2.27. The van der Waals surface area contributed by atoms with Crippen LogP contribution in [0.3, 0.4) is 0 Å². The molecule has 2 rings (SSSR count). The van der Waals surface area contributed by atoms with Crippen molar-refractivity contribution in [3.05, 3.63) is 29.3 Å². The largest absolute Gasteiger partial charge is 0.496 e. The predicted octanol–water partition coefficient (Wildman–Crippen LogP) is 2.29. The number of benzene rings is 1. The molecule has 1 aliphatic heterocycles. The molecule has 1 unspecified atom stereocenters. The molecule has 0 spiro atoms. The normalized spacial score (nSPS) is 18.6. The van der Waals surface area contributed by atoms with Crippen LogP contribution < -0.4 is 10.1 Å². The van der Waals surface area contributed by atoms with E-state index < -0.39 is 0 Å². The summed E-state index contributed by atoms with van der Waals surface area (Å²) in [7, 11) is 1.69. The first-order chi connectivity index (χ1) is 8.76. The topological polar surface area (TPSA) is 41.5 Å². The molecule has 1 saturated heterocycles. The van der Waals surface area contributed by atoms with Gasteiger partial charge in [-0.25, -0.2) is 0 Å². The zero-order valence-electron chi connectivity index (χ0n) is 11.3. The van der Waals surface area contributed by atoms with Crippen molar-refractivity contribution in [2.75, 3.05) is 20.2 Å². The molecule has 1 aromatic carbocycles. The molecule has 1 aromatic rings. The Kier molecular flexibility index (Phi) is 4.61. The van der Waals surface area contributed by atoms with Crippen molar-refractivity contribution >= 4 is 0 Å². The van der Waals surface area contributed by atoms with Gasteiger partial charge < -0.3 is 15.2 Å². The molecular formula is C15H23NO2. The van der Waals surface area contributed by atoms with E-state index in [2.05, 4.69) is 18.3 Å². The molecular weight excluding hydrogens is 226 g/mol. The van der Waals surface area contributed by atoms with E-state index >= 15 is 0 Å². The first-order valence-corrected chi connectivity index (χ1v) is 6.81. The fourth-order valence-corrected chi connectivity index (χ4v) is 2.69. The number of aliphatic hydroxyl groups excluding tert-OH is 1. The summed E-state index contributed by atoms with van der Waals surface area (Å²) in [6.45, 7) is 4.13. The highest BCUT2D eigenvalue weighted by Crippen LogP contribution is 2.31. The van der Waals surface area contributed by atoms with Crippen LogP contribution in [-0.2, 0) is 6.42 Å². The quantitative estimate of drug-likeness (QED) is 0.860. The summed E-state index contributed by atoms with van der Waals surface area (Å²) in [5.74, 6) is 1.29. The first-order valence-electron chi connectivity index (χ1n) is 6.81. The molecule has 1 fully saturated rings. The van der Waals surface area contributed by atoms with E-state index in [0.717, 1.165) is 43.7 Å². The number of hydrogen-bond acceptors (Lipinski definition) is 3. The molecule has 1 aliphatic rings. The van der Waals surface area contributed by atoms with Crippen molar-refractivity contribution in [2.24, 2.45) is 5.92 Å². The van der Waals surface area contributed by atoms with Crippen LogP contribution in [0.5, 0.6) is 5.75 Å². The number of ether oxygens (including phenoxy) is 1. The fourth-order valence-electron chi connectivity index (χ4n) is 2.69. The second kappa shape index (κ2) is 6.21. The van der Waals surface area contributed by atoms with Crippen molar-refractivity contribution in [2.45, 2.75) is 32.3 Å². The van der Waals surface area contributed by atoms with Gasteiger partial charge in [-0.05, 0) is 61.5 Å². The average molecular weight is 249 g/mol. The number of aliphatic hydroxyl groups is 1. The Morgan fingerprint density at radius 3 is 2.72 bits per heavy atom.